The van der Waals surface area contributed by atoms with Gasteiger partial charge in [-0.05, 0) is 25.6 Å². The molecule has 0 heterocycles. The maximum absolute atomic E-state index is 5.39. The molecule has 0 aromatic carbocycles. The molecule has 2 nitrogen and oxygen atoms in total. The minimum absolute atomic E-state index is 0.580. The van der Waals surface area contributed by atoms with Crippen LogP contribution >= 0.6 is 24.0 Å². The number of rotatable bonds is 13. The molecule has 0 unspecified atom stereocenters. The normalized spacial score (nSPS) is 10.6. The molecule has 0 radical (unpaired) electrons. The summed E-state index contributed by atoms with van der Waals surface area (Å²) in [4.78, 5) is 0. The Labute approximate surface area is 129 Å². The van der Waals surface area contributed by atoms with Crippen molar-refractivity contribution in [2.24, 2.45) is 0 Å². The SMILES string of the molecule is CCCCCCCCCCSC(=S)OCCOCC. The van der Waals surface area contributed by atoms with E-state index < -0.39 is 0 Å². The summed E-state index contributed by atoms with van der Waals surface area (Å²) in [5.41, 5.74) is 0. The quantitative estimate of drug-likeness (QED) is 0.344. The van der Waals surface area contributed by atoms with E-state index in [0.717, 1.165) is 12.4 Å². The van der Waals surface area contributed by atoms with Crippen molar-refractivity contribution in [2.45, 2.75) is 65.2 Å². The highest BCUT2D eigenvalue weighted by Crippen LogP contribution is 2.13. The molecule has 0 aliphatic carbocycles. The van der Waals surface area contributed by atoms with Crippen molar-refractivity contribution in [3.05, 3.63) is 0 Å². The van der Waals surface area contributed by atoms with Crippen LogP contribution in [0.25, 0.3) is 0 Å². The number of hydrogen-bond donors (Lipinski definition) is 0. The van der Waals surface area contributed by atoms with Crippen LogP contribution in [0.2, 0.25) is 0 Å². The van der Waals surface area contributed by atoms with E-state index >= 15 is 0 Å². The van der Waals surface area contributed by atoms with Crippen molar-refractivity contribution in [2.75, 3.05) is 25.6 Å². The molecule has 0 aliphatic heterocycles. The first-order valence-corrected chi connectivity index (χ1v) is 9.08. The van der Waals surface area contributed by atoms with E-state index in [1.54, 1.807) is 11.8 Å². The van der Waals surface area contributed by atoms with Crippen molar-refractivity contribution in [1.82, 2.24) is 0 Å². The standard InChI is InChI=1S/C15H30O2S2/c1-3-5-6-7-8-9-10-11-14-19-15(18)17-13-12-16-4-2/h3-14H2,1-2H3. The van der Waals surface area contributed by atoms with Gasteiger partial charge in [0.1, 0.15) is 6.61 Å². The molecule has 0 atom stereocenters. The van der Waals surface area contributed by atoms with Crippen LogP contribution in [-0.2, 0) is 9.47 Å². The highest BCUT2D eigenvalue weighted by molar-refractivity contribution is 8.22. The molecule has 0 aliphatic rings. The van der Waals surface area contributed by atoms with Gasteiger partial charge in [0.2, 0.25) is 4.38 Å². The van der Waals surface area contributed by atoms with Gasteiger partial charge in [0.05, 0.1) is 6.61 Å². The number of ether oxygens (including phenoxy) is 2. The average molecular weight is 307 g/mol. The fourth-order valence-corrected chi connectivity index (χ4v) is 2.78. The van der Waals surface area contributed by atoms with Gasteiger partial charge >= 0.3 is 0 Å². The van der Waals surface area contributed by atoms with E-state index in [2.05, 4.69) is 6.92 Å². The first kappa shape index (κ1) is 19.2. The maximum atomic E-state index is 5.39. The van der Waals surface area contributed by atoms with Crippen LogP contribution in [0.5, 0.6) is 0 Å². The fourth-order valence-electron chi connectivity index (χ4n) is 1.76. The zero-order valence-electron chi connectivity index (χ0n) is 12.6. The molecule has 0 amide bonds. The highest BCUT2D eigenvalue weighted by Gasteiger charge is 1.99. The summed E-state index contributed by atoms with van der Waals surface area (Å²) < 4.78 is 11.2. The van der Waals surface area contributed by atoms with Crippen LogP contribution < -0.4 is 0 Å². The first-order chi connectivity index (χ1) is 9.31. The molecule has 0 spiro atoms. The zero-order valence-corrected chi connectivity index (χ0v) is 14.3. The van der Waals surface area contributed by atoms with Crippen molar-refractivity contribution in [1.29, 1.82) is 0 Å². The molecule has 0 fully saturated rings. The lowest BCUT2D eigenvalue weighted by molar-refractivity contribution is 0.109. The van der Waals surface area contributed by atoms with Crippen molar-refractivity contribution in [3.63, 3.8) is 0 Å². The monoisotopic (exact) mass is 306 g/mol. The molecular weight excluding hydrogens is 276 g/mol. The number of hydrogen-bond acceptors (Lipinski definition) is 4. The van der Waals surface area contributed by atoms with Crippen LogP contribution in [0.1, 0.15) is 65.2 Å². The predicted molar refractivity (Wildman–Crippen MR) is 90.1 cm³/mol. The van der Waals surface area contributed by atoms with Crippen LogP contribution in [0.3, 0.4) is 0 Å². The van der Waals surface area contributed by atoms with Gasteiger partial charge in [-0.3, -0.25) is 0 Å². The van der Waals surface area contributed by atoms with Gasteiger partial charge in [0, 0.05) is 12.4 Å². The third-order valence-corrected chi connectivity index (χ3v) is 4.19. The Morgan fingerprint density at radius 2 is 1.53 bits per heavy atom. The second-order valence-electron chi connectivity index (χ2n) is 4.62. The molecular formula is C15H30O2S2. The summed E-state index contributed by atoms with van der Waals surface area (Å²) in [5.74, 6) is 1.09. The summed E-state index contributed by atoms with van der Waals surface area (Å²) in [6.07, 6.45) is 10.8. The number of unbranched alkanes of at least 4 members (excludes halogenated alkanes) is 7. The van der Waals surface area contributed by atoms with Crippen LogP contribution in [-0.4, -0.2) is 30.0 Å². The summed E-state index contributed by atoms with van der Waals surface area (Å²) >= 11 is 6.80. The van der Waals surface area contributed by atoms with Gasteiger partial charge in [-0.15, -0.1) is 0 Å². The van der Waals surface area contributed by atoms with E-state index in [1.807, 2.05) is 6.92 Å². The maximum Gasteiger partial charge on any atom is 0.220 e. The molecule has 114 valence electrons. The minimum atomic E-state index is 0.580. The molecule has 0 aromatic rings. The van der Waals surface area contributed by atoms with Gasteiger partial charge in [-0.2, -0.15) is 0 Å². The second kappa shape index (κ2) is 16.3. The molecule has 0 aromatic heterocycles. The Bertz CT molecular complexity index is 199. The predicted octanol–water partition coefficient (Wildman–Crippen LogP) is 5.20. The fraction of sp³-hybridized carbons (Fsp3) is 0.933. The van der Waals surface area contributed by atoms with Crippen molar-refractivity contribution < 1.29 is 9.47 Å². The Morgan fingerprint density at radius 3 is 2.16 bits per heavy atom. The van der Waals surface area contributed by atoms with E-state index in [1.165, 1.54) is 51.4 Å². The van der Waals surface area contributed by atoms with Crippen LogP contribution in [0.15, 0.2) is 0 Å². The topological polar surface area (TPSA) is 18.5 Å². The van der Waals surface area contributed by atoms with E-state index in [9.17, 15) is 0 Å². The minimum Gasteiger partial charge on any atom is -0.476 e. The van der Waals surface area contributed by atoms with Gasteiger partial charge in [0.15, 0.2) is 0 Å². The molecule has 0 bridgehead atoms. The summed E-state index contributed by atoms with van der Waals surface area (Å²) in [5, 5.41) is 0. The Balaban J connectivity index is 3.10. The Kier molecular flexibility index (Phi) is 16.4. The lowest BCUT2D eigenvalue weighted by atomic mass is 10.1. The smallest absolute Gasteiger partial charge is 0.220 e. The lowest BCUT2D eigenvalue weighted by Crippen LogP contribution is -2.06. The Hall–Kier alpha value is 0.200. The van der Waals surface area contributed by atoms with Crippen molar-refractivity contribution >= 4 is 28.4 Å². The van der Waals surface area contributed by atoms with Crippen LogP contribution in [0, 0.1) is 0 Å². The summed E-state index contributed by atoms with van der Waals surface area (Å²) in [6, 6.07) is 0. The molecule has 0 rings (SSSR count). The summed E-state index contributed by atoms with van der Waals surface area (Å²) in [7, 11) is 0. The van der Waals surface area contributed by atoms with Gasteiger partial charge in [-0.1, -0.05) is 63.6 Å². The van der Waals surface area contributed by atoms with E-state index in [0.29, 0.717) is 17.6 Å². The van der Waals surface area contributed by atoms with Gasteiger partial charge < -0.3 is 9.47 Å². The highest BCUT2D eigenvalue weighted by atomic mass is 32.2. The second-order valence-corrected chi connectivity index (χ2v) is 6.32. The summed E-state index contributed by atoms with van der Waals surface area (Å²) in [6.45, 7) is 6.19. The molecule has 4 heteroatoms. The molecule has 19 heavy (non-hydrogen) atoms. The molecule has 0 saturated heterocycles. The first-order valence-electron chi connectivity index (χ1n) is 7.68. The van der Waals surface area contributed by atoms with Crippen LogP contribution in [0.4, 0.5) is 0 Å². The van der Waals surface area contributed by atoms with Gasteiger partial charge in [0.25, 0.3) is 0 Å². The largest absolute Gasteiger partial charge is 0.476 e. The molecule has 0 N–H and O–H groups in total. The van der Waals surface area contributed by atoms with Crippen molar-refractivity contribution in [3.8, 4) is 0 Å². The van der Waals surface area contributed by atoms with E-state index in [4.69, 9.17) is 21.7 Å². The average Bonchev–Trinajstić information content (AvgIpc) is 2.42. The Morgan fingerprint density at radius 1 is 0.895 bits per heavy atom. The molecule has 0 saturated carbocycles. The zero-order chi connectivity index (χ0) is 14.2. The van der Waals surface area contributed by atoms with Gasteiger partial charge in [-0.25, -0.2) is 0 Å². The number of thiocarbonyl (C=S) groups is 1. The third-order valence-electron chi connectivity index (χ3n) is 2.87. The third kappa shape index (κ3) is 16.1. The lowest BCUT2D eigenvalue weighted by Gasteiger charge is -2.06. The number of thioether (sulfide) groups is 1. The van der Waals surface area contributed by atoms with E-state index in [-0.39, 0.29) is 0 Å².